The molecule has 2 aliphatic rings. The summed E-state index contributed by atoms with van der Waals surface area (Å²) in [7, 11) is -3.76. The summed E-state index contributed by atoms with van der Waals surface area (Å²) in [6.07, 6.45) is -4.31. The number of aliphatic hydroxyl groups is 1. The molecular weight excluding hydrogens is 591 g/mol. The number of aliphatic hydroxyl groups excluding tert-OH is 1. The Bertz CT molecular complexity index is 1690. The number of hydrogen-bond donors (Lipinski definition) is 4. The van der Waals surface area contributed by atoms with Crippen LogP contribution in [-0.2, 0) is 22.8 Å². The average molecular weight is 624 g/mol. The van der Waals surface area contributed by atoms with Crippen molar-refractivity contribution in [3.8, 4) is 5.75 Å². The lowest BCUT2D eigenvalue weighted by atomic mass is 9.94. The normalized spacial score (nSPS) is 21.5. The van der Waals surface area contributed by atoms with E-state index in [-0.39, 0.29) is 11.4 Å². The molecule has 0 amide bonds. The number of nitrogens with one attached hydrogen (secondary N) is 2. The lowest BCUT2D eigenvalue weighted by Crippen LogP contribution is -2.65. The summed E-state index contributed by atoms with van der Waals surface area (Å²) in [4.78, 5) is 4.17. The number of ether oxygens (including phenoxy) is 1. The number of rotatable bonds is 6. The standard InChI is InChI=1S/C32H32F3N5O3S/c33-32(34,35)43-25-15-17-26(18-16-25)44(37,42)38-27-19-39(24-13-11-23(36)12-14-24)20-30(31(27)41)40-28-7-3-1-5-21(28)9-10-22-6-2-4-8-29(22)40/h1-8,11-18,27,30-31,41H,9-10,19-20,36H2,(H2,37,38,42). The molecule has 12 heteroatoms. The number of aryl methyl sites for hydroxylation is 2. The first kappa shape index (κ1) is 29.8. The average Bonchev–Trinajstić information content (AvgIpc) is 3.15. The van der Waals surface area contributed by atoms with Crippen LogP contribution in [0, 0.1) is 4.78 Å². The zero-order chi connectivity index (χ0) is 31.1. The van der Waals surface area contributed by atoms with Crippen molar-refractivity contribution in [1.82, 2.24) is 4.72 Å². The second-order valence-corrected chi connectivity index (χ2v) is 12.8. The molecular formula is C32H32F3N5O3S. The molecule has 44 heavy (non-hydrogen) atoms. The molecule has 1 fully saturated rings. The fourth-order valence-corrected chi connectivity index (χ4v) is 7.34. The van der Waals surface area contributed by atoms with Gasteiger partial charge >= 0.3 is 6.36 Å². The molecule has 0 aliphatic carbocycles. The van der Waals surface area contributed by atoms with Gasteiger partial charge in [0.2, 0.25) is 0 Å². The summed E-state index contributed by atoms with van der Waals surface area (Å²) >= 11 is 0. The predicted molar refractivity (Wildman–Crippen MR) is 164 cm³/mol. The highest BCUT2D eigenvalue weighted by Crippen LogP contribution is 2.40. The van der Waals surface area contributed by atoms with E-state index >= 15 is 0 Å². The molecule has 6 rings (SSSR count). The number of para-hydroxylation sites is 2. The third-order valence-corrected chi connectivity index (χ3v) is 9.66. The zero-order valence-corrected chi connectivity index (χ0v) is 24.4. The summed E-state index contributed by atoms with van der Waals surface area (Å²) in [6, 6.07) is 26.5. The van der Waals surface area contributed by atoms with Gasteiger partial charge in [0, 0.05) is 35.8 Å². The van der Waals surface area contributed by atoms with Gasteiger partial charge in [0.05, 0.1) is 23.1 Å². The van der Waals surface area contributed by atoms with Crippen molar-refractivity contribution in [1.29, 1.82) is 4.78 Å². The molecule has 0 spiro atoms. The summed E-state index contributed by atoms with van der Waals surface area (Å²) < 4.78 is 67.2. The van der Waals surface area contributed by atoms with Crippen LogP contribution in [0.2, 0.25) is 0 Å². The molecule has 4 aromatic carbocycles. The maximum atomic E-state index is 13.8. The Balaban J connectivity index is 1.38. The number of piperidine rings is 1. The van der Waals surface area contributed by atoms with Crippen molar-refractivity contribution < 1.29 is 27.2 Å². The van der Waals surface area contributed by atoms with Crippen LogP contribution in [0.5, 0.6) is 5.75 Å². The van der Waals surface area contributed by atoms with Gasteiger partial charge in [-0.05, 0) is 84.6 Å². The molecule has 0 aromatic heterocycles. The first-order chi connectivity index (χ1) is 21.0. The van der Waals surface area contributed by atoms with Gasteiger partial charge < -0.3 is 25.4 Å². The van der Waals surface area contributed by atoms with Crippen LogP contribution in [-0.4, -0.2) is 47.0 Å². The van der Waals surface area contributed by atoms with Gasteiger partial charge in [-0.15, -0.1) is 13.2 Å². The highest BCUT2D eigenvalue weighted by Gasteiger charge is 2.42. The van der Waals surface area contributed by atoms with E-state index in [9.17, 15) is 22.5 Å². The smallest absolute Gasteiger partial charge is 0.406 e. The van der Waals surface area contributed by atoms with Gasteiger partial charge in [-0.2, -0.15) is 0 Å². The molecule has 230 valence electrons. The summed E-state index contributed by atoms with van der Waals surface area (Å²) in [5, 5.41) is 12.0. The van der Waals surface area contributed by atoms with Gasteiger partial charge in [-0.1, -0.05) is 36.4 Å². The van der Waals surface area contributed by atoms with Crippen LogP contribution in [0.1, 0.15) is 11.1 Å². The molecule has 4 aromatic rings. The Kier molecular flexibility index (Phi) is 7.91. The molecule has 4 atom stereocenters. The Morgan fingerprint density at radius 2 is 1.43 bits per heavy atom. The molecule has 8 nitrogen and oxygen atoms in total. The number of fused-ring (bicyclic) bond motifs is 2. The SMILES string of the molecule is N=S(=O)(NC1CN(c2ccc(N)cc2)CC(N2c3ccccc3CCc3ccccc32)C1O)c1ccc(OC(F)(F)F)cc1. The van der Waals surface area contributed by atoms with Crippen molar-refractivity contribution in [2.75, 3.05) is 28.6 Å². The molecule has 0 bridgehead atoms. The monoisotopic (exact) mass is 623 g/mol. The molecule has 2 aliphatic heterocycles. The first-order valence-electron chi connectivity index (χ1n) is 14.1. The van der Waals surface area contributed by atoms with Crippen LogP contribution < -0.4 is 25.0 Å². The van der Waals surface area contributed by atoms with Crippen LogP contribution in [0.3, 0.4) is 0 Å². The molecule has 1 saturated heterocycles. The first-order valence-corrected chi connectivity index (χ1v) is 15.7. The van der Waals surface area contributed by atoms with E-state index in [0.717, 1.165) is 65.3 Å². The Hall–Kier alpha value is -4.26. The van der Waals surface area contributed by atoms with Crippen LogP contribution in [0.15, 0.2) is 102 Å². The van der Waals surface area contributed by atoms with Gasteiger partial charge in [-0.25, -0.2) is 13.7 Å². The van der Waals surface area contributed by atoms with Crippen LogP contribution in [0.25, 0.3) is 0 Å². The Labute approximate surface area is 254 Å². The molecule has 5 N–H and O–H groups in total. The van der Waals surface area contributed by atoms with Crippen LogP contribution >= 0.6 is 0 Å². The molecule has 0 saturated carbocycles. The Morgan fingerprint density at radius 1 is 0.864 bits per heavy atom. The van der Waals surface area contributed by atoms with Gasteiger partial charge in [0.1, 0.15) is 15.7 Å². The van der Waals surface area contributed by atoms with E-state index in [1.165, 1.54) is 0 Å². The van der Waals surface area contributed by atoms with Crippen molar-refractivity contribution in [3.63, 3.8) is 0 Å². The van der Waals surface area contributed by atoms with Crippen molar-refractivity contribution >= 4 is 32.7 Å². The van der Waals surface area contributed by atoms with E-state index in [0.29, 0.717) is 12.2 Å². The maximum Gasteiger partial charge on any atom is 0.573 e. The second kappa shape index (κ2) is 11.7. The number of benzene rings is 4. The topological polar surface area (TPSA) is 115 Å². The quantitative estimate of drug-likeness (QED) is 0.207. The van der Waals surface area contributed by atoms with Gasteiger partial charge in [0.25, 0.3) is 0 Å². The minimum absolute atomic E-state index is 0.0363. The number of anilines is 4. The Morgan fingerprint density at radius 3 is 2.00 bits per heavy atom. The summed E-state index contributed by atoms with van der Waals surface area (Å²) in [5.74, 6) is -0.484. The van der Waals surface area contributed by atoms with Crippen molar-refractivity contribution in [2.24, 2.45) is 0 Å². The number of alkyl halides is 3. The number of halogens is 3. The molecule has 0 radical (unpaired) electrons. The van der Waals surface area contributed by atoms with E-state index in [1.807, 2.05) is 48.5 Å². The van der Waals surface area contributed by atoms with Gasteiger partial charge in [-0.3, -0.25) is 0 Å². The lowest BCUT2D eigenvalue weighted by Gasteiger charge is -2.48. The minimum Gasteiger partial charge on any atom is -0.406 e. The third kappa shape index (κ3) is 6.19. The van der Waals surface area contributed by atoms with E-state index < -0.39 is 40.2 Å². The van der Waals surface area contributed by atoms with Crippen LogP contribution in [0.4, 0.5) is 35.9 Å². The fraction of sp³-hybridized carbons (Fsp3) is 0.250. The fourth-order valence-electron chi connectivity index (χ4n) is 6.04. The van der Waals surface area contributed by atoms with E-state index in [2.05, 4.69) is 31.4 Å². The largest absolute Gasteiger partial charge is 0.573 e. The number of nitrogen functional groups attached to an aromatic ring is 1. The summed E-state index contributed by atoms with van der Waals surface area (Å²) in [5.41, 5.74) is 11.6. The second-order valence-electron chi connectivity index (χ2n) is 11.0. The van der Waals surface area contributed by atoms with Crippen molar-refractivity contribution in [2.45, 2.75) is 42.3 Å². The maximum absolute atomic E-state index is 13.8. The minimum atomic E-state index is -4.88. The molecule has 4 unspecified atom stereocenters. The van der Waals surface area contributed by atoms with Crippen molar-refractivity contribution in [3.05, 3.63) is 108 Å². The van der Waals surface area contributed by atoms with E-state index in [1.54, 1.807) is 12.1 Å². The number of nitrogens with two attached hydrogens (primary N) is 1. The van der Waals surface area contributed by atoms with E-state index in [4.69, 9.17) is 10.5 Å². The lowest BCUT2D eigenvalue weighted by molar-refractivity contribution is -0.274. The number of nitrogens with zero attached hydrogens (tertiary/aromatic N) is 2. The zero-order valence-electron chi connectivity index (χ0n) is 23.6. The predicted octanol–water partition coefficient (Wildman–Crippen LogP) is 5.63. The highest BCUT2D eigenvalue weighted by molar-refractivity contribution is 7.90. The third-order valence-electron chi connectivity index (χ3n) is 8.09. The number of hydrogen-bond acceptors (Lipinski definition) is 7. The molecule has 2 heterocycles. The summed E-state index contributed by atoms with van der Waals surface area (Å²) in [6.45, 7) is 0.623. The highest BCUT2D eigenvalue weighted by atomic mass is 32.2. The van der Waals surface area contributed by atoms with Gasteiger partial charge in [0.15, 0.2) is 0 Å².